The lowest BCUT2D eigenvalue weighted by Crippen LogP contribution is -2.33. The van der Waals surface area contributed by atoms with E-state index in [1.807, 2.05) is 0 Å². The normalized spacial score (nSPS) is 20.3. The number of fused-ring (bicyclic) bond motifs is 2. The molecular formula is C33H34N3O18P3. The third kappa shape index (κ3) is 10.2. The molecule has 6 rings (SSSR count). The average molecular weight is 854 g/mol. The number of nitrogens with one attached hydrogen (secondary N) is 2. The molecule has 2 aliphatic rings. The molecule has 0 spiro atoms. The fourth-order valence-electron chi connectivity index (χ4n) is 6.20. The smallest absolute Gasteiger partial charge is 0.488 e. The number of carbonyl (C=O) groups excluding carboxylic acids is 1. The van der Waals surface area contributed by atoms with E-state index in [2.05, 4.69) is 18.9 Å². The zero-order valence-corrected chi connectivity index (χ0v) is 31.7. The Kier molecular flexibility index (Phi) is 12.2. The highest BCUT2D eigenvalue weighted by Gasteiger charge is 2.41. The van der Waals surface area contributed by atoms with Crippen molar-refractivity contribution in [1.82, 2.24) is 14.9 Å². The third-order valence-electron chi connectivity index (χ3n) is 8.52. The van der Waals surface area contributed by atoms with E-state index < -0.39 is 77.7 Å². The van der Waals surface area contributed by atoms with E-state index in [9.17, 15) is 53.2 Å². The second-order valence-corrected chi connectivity index (χ2v) is 17.4. The van der Waals surface area contributed by atoms with Gasteiger partial charge in [0.2, 0.25) is 0 Å². The van der Waals surface area contributed by atoms with Gasteiger partial charge in [0.05, 0.1) is 18.3 Å². The van der Waals surface area contributed by atoms with Gasteiger partial charge in [-0.05, 0) is 23.8 Å². The monoisotopic (exact) mass is 853 g/mol. The van der Waals surface area contributed by atoms with Crippen molar-refractivity contribution in [1.29, 1.82) is 0 Å². The second-order valence-electron chi connectivity index (χ2n) is 12.6. The van der Waals surface area contributed by atoms with Crippen LogP contribution in [0.2, 0.25) is 0 Å². The van der Waals surface area contributed by atoms with Gasteiger partial charge in [0.25, 0.3) is 11.5 Å². The fourth-order valence-corrected chi connectivity index (χ4v) is 9.47. The summed E-state index contributed by atoms with van der Waals surface area (Å²) in [7, 11) is -16.4. The lowest BCUT2D eigenvalue weighted by atomic mass is 9.80. The highest BCUT2D eigenvalue weighted by atomic mass is 31.3. The van der Waals surface area contributed by atoms with Gasteiger partial charge < -0.3 is 54.4 Å². The van der Waals surface area contributed by atoms with Crippen molar-refractivity contribution in [3.8, 4) is 23.0 Å². The molecule has 0 radical (unpaired) electrons. The number of amides is 1. The molecule has 0 saturated carbocycles. The first-order chi connectivity index (χ1) is 26.8. The molecule has 21 nitrogen and oxygen atoms in total. The molecule has 3 aromatic carbocycles. The number of nitrogens with zero attached hydrogens (tertiary/aromatic N) is 1. The molecule has 1 amide bonds. The Hall–Kier alpha value is -4.72. The number of phenolic OH excluding ortho intramolecular Hbond substituents is 2. The first-order valence-corrected chi connectivity index (χ1v) is 21.3. The van der Waals surface area contributed by atoms with Crippen LogP contribution in [0.3, 0.4) is 0 Å². The summed E-state index contributed by atoms with van der Waals surface area (Å²) >= 11 is 0. The lowest BCUT2D eigenvalue weighted by Gasteiger charge is -2.30. The molecule has 57 heavy (non-hydrogen) atoms. The molecule has 0 aliphatic carbocycles. The van der Waals surface area contributed by atoms with E-state index in [1.54, 1.807) is 36.4 Å². The molecule has 1 fully saturated rings. The van der Waals surface area contributed by atoms with Crippen molar-refractivity contribution in [2.24, 2.45) is 0 Å². The predicted molar refractivity (Wildman–Crippen MR) is 196 cm³/mol. The standard InChI is InChI=1S/C33H34N3O18P3/c37-19-7-9-23-26(12-19)51-27-13-20(38)8-10-24(27)30(23)21-5-1-2-6-22(21)32(41)34-11-3-4-18-15-36(33(42)35-31(18)40)29-14-25(39)28(52-29)16-50-17-55(43,44)53-57(48,49)54-56(45,46)47/h1-10,12-13,15,25,28-30,37-39H,11,14,16-17H2,(H,34,41)(H,43,44)(H,48,49)(H,35,40,42)(H2,45,46,47)/b4-3+/t25-,28+,29+/m0/s1. The highest BCUT2D eigenvalue weighted by molar-refractivity contribution is 7.68. The van der Waals surface area contributed by atoms with Crippen molar-refractivity contribution >= 4 is 35.2 Å². The molecule has 24 heteroatoms. The number of aromatic hydroxyl groups is 2. The number of aliphatic hydroxyl groups excluding tert-OH is 1. The Morgan fingerprint density at radius 2 is 1.58 bits per heavy atom. The number of aromatic amines is 1. The Labute approximate surface area is 320 Å². The number of phosphoric acid groups is 2. The summed E-state index contributed by atoms with van der Waals surface area (Å²) in [6.45, 7) is -0.683. The number of carbonyl (C=O) groups is 1. The van der Waals surface area contributed by atoms with Gasteiger partial charge in [0.1, 0.15) is 41.7 Å². The van der Waals surface area contributed by atoms with Gasteiger partial charge in [0, 0.05) is 53.9 Å². The maximum Gasteiger partial charge on any atom is 0.488 e. The molecule has 9 N–H and O–H groups in total. The third-order valence-corrected chi connectivity index (χ3v) is 12.5. The SMILES string of the molecule is O=C(NC/C=C/c1cn([C@H]2C[C@H](O)[C@@H](COCP(=O)(O)OP(=O)(O)OP(=O)(O)O)O2)c(=O)[nH]c1=O)c1ccccc1C1c2ccc(O)cc2Oc2cc(O)ccc21. The summed E-state index contributed by atoms with van der Waals surface area (Å²) < 4.78 is 59.4. The van der Waals surface area contributed by atoms with E-state index in [4.69, 9.17) is 24.0 Å². The minimum absolute atomic E-state index is 0.0335. The Balaban J connectivity index is 1.10. The zero-order valence-electron chi connectivity index (χ0n) is 29.1. The molecule has 1 aromatic heterocycles. The summed E-state index contributed by atoms with van der Waals surface area (Å²) in [6.07, 6.45) is -1.25. The summed E-state index contributed by atoms with van der Waals surface area (Å²) in [5.41, 5.74) is 0.553. The van der Waals surface area contributed by atoms with Crippen molar-refractivity contribution in [3.63, 3.8) is 0 Å². The number of ether oxygens (including phenoxy) is 3. The number of phenols is 2. The Morgan fingerprint density at radius 1 is 0.930 bits per heavy atom. The van der Waals surface area contributed by atoms with Gasteiger partial charge in [-0.3, -0.25) is 23.7 Å². The van der Waals surface area contributed by atoms with Crippen molar-refractivity contribution in [2.45, 2.75) is 30.8 Å². The fraction of sp³-hybridized carbons (Fsp3) is 0.242. The van der Waals surface area contributed by atoms with Crippen LogP contribution < -0.4 is 21.3 Å². The summed E-state index contributed by atoms with van der Waals surface area (Å²) in [5, 5.41) is 33.5. The quantitative estimate of drug-likeness (QED) is 0.0725. The van der Waals surface area contributed by atoms with Gasteiger partial charge in [-0.15, -0.1) is 0 Å². The molecule has 2 aliphatic heterocycles. The van der Waals surface area contributed by atoms with Crippen molar-refractivity contribution in [3.05, 3.63) is 122 Å². The minimum atomic E-state index is -5.68. The zero-order chi connectivity index (χ0) is 41.3. The van der Waals surface area contributed by atoms with Crippen LogP contribution in [0.15, 0.2) is 82.5 Å². The van der Waals surface area contributed by atoms with Crippen LogP contribution in [-0.2, 0) is 31.8 Å². The summed E-state index contributed by atoms with van der Waals surface area (Å²) in [6, 6.07) is 16.1. The van der Waals surface area contributed by atoms with Crippen LogP contribution in [-0.4, -0.2) is 82.1 Å². The van der Waals surface area contributed by atoms with Gasteiger partial charge in [-0.25, -0.2) is 18.2 Å². The maximum atomic E-state index is 13.6. The molecule has 5 atom stereocenters. The number of aliphatic hydroxyl groups is 1. The van der Waals surface area contributed by atoms with Crippen molar-refractivity contribution < 1.29 is 76.2 Å². The highest BCUT2D eigenvalue weighted by Crippen LogP contribution is 2.66. The van der Waals surface area contributed by atoms with E-state index >= 15 is 0 Å². The first-order valence-electron chi connectivity index (χ1n) is 16.6. The van der Waals surface area contributed by atoms with Gasteiger partial charge in [-0.2, -0.15) is 4.31 Å². The summed E-state index contributed by atoms with van der Waals surface area (Å²) in [4.78, 5) is 77.4. The molecule has 4 aromatic rings. The molecule has 0 bridgehead atoms. The number of hydrogen-bond donors (Lipinski definition) is 9. The summed E-state index contributed by atoms with van der Waals surface area (Å²) in [5.74, 6) is -0.351. The van der Waals surface area contributed by atoms with Crippen LogP contribution in [0.5, 0.6) is 23.0 Å². The first kappa shape index (κ1) is 41.9. The molecule has 1 saturated heterocycles. The lowest BCUT2D eigenvalue weighted by molar-refractivity contribution is -0.0586. The van der Waals surface area contributed by atoms with Crippen LogP contribution in [0, 0.1) is 0 Å². The molecular weight excluding hydrogens is 819 g/mol. The maximum absolute atomic E-state index is 13.6. The number of rotatable bonds is 14. The van der Waals surface area contributed by atoms with E-state index in [0.717, 1.165) is 10.8 Å². The van der Waals surface area contributed by atoms with Crippen LogP contribution in [0.1, 0.15) is 51.2 Å². The van der Waals surface area contributed by atoms with Crippen molar-refractivity contribution in [2.75, 3.05) is 19.5 Å². The Bertz CT molecular complexity index is 2430. The largest absolute Gasteiger partial charge is 0.508 e. The van der Waals surface area contributed by atoms with Crippen LogP contribution in [0.4, 0.5) is 0 Å². The minimum Gasteiger partial charge on any atom is -0.508 e. The molecule has 304 valence electrons. The van der Waals surface area contributed by atoms with E-state index in [-0.39, 0.29) is 30.0 Å². The van der Waals surface area contributed by atoms with Crippen LogP contribution >= 0.6 is 23.2 Å². The second kappa shape index (κ2) is 16.6. The van der Waals surface area contributed by atoms with E-state index in [1.165, 1.54) is 36.4 Å². The topological polar surface area (TPSA) is 323 Å². The predicted octanol–water partition coefficient (Wildman–Crippen LogP) is 2.71. The number of benzene rings is 3. The number of aromatic nitrogens is 2. The molecule has 3 heterocycles. The van der Waals surface area contributed by atoms with Crippen LogP contribution in [0.25, 0.3) is 6.08 Å². The van der Waals surface area contributed by atoms with E-state index in [0.29, 0.717) is 33.8 Å². The molecule has 2 unspecified atom stereocenters. The Morgan fingerprint density at radius 3 is 2.23 bits per heavy atom. The number of H-pyrrole nitrogens is 1. The average Bonchev–Trinajstić information content (AvgIpc) is 3.47. The van der Waals surface area contributed by atoms with Gasteiger partial charge in [0.15, 0.2) is 0 Å². The van der Waals surface area contributed by atoms with Gasteiger partial charge >= 0.3 is 28.9 Å². The van der Waals surface area contributed by atoms with Gasteiger partial charge in [-0.1, -0.05) is 42.5 Å². The number of hydrogen-bond acceptors (Lipinski definition) is 14.